The highest BCUT2D eigenvalue weighted by atomic mass is 35.5. The lowest BCUT2D eigenvalue weighted by Crippen LogP contribution is -2.21. The van der Waals surface area contributed by atoms with Crippen LogP contribution in [0.15, 0.2) is 18.2 Å². The van der Waals surface area contributed by atoms with Crippen molar-refractivity contribution >= 4 is 40.8 Å². The number of nitrogens with zero attached hydrogens (tertiary/aromatic N) is 4. The maximum atomic E-state index is 13.8. The predicted octanol–water partition coefficient (Wildman–Crippen LogP) is 3.66. The highest BCUT2D eigenvalue weighted by Crippen LogP contribution is 2.28. The molecule has 2 heterocycles. The lowest BCUT2D eigenvalue weighted by atomic mass is 10.3. The first-order valence-electron chi connectivity index (χ1n) is 6.51. The molecular formula is C13H12Cl2FN5. The minimum atomic E-state index is -0.484. The third-order valence-corrected chi connectivity index (χ3v) is 3.67. The van der Waals surface area contributed by atoms with Crippen LogP contribution in [-0.2, 0) is 0 Å². The second-order valence-corrected chi connectivity index (χ2v) is 5.39. The molecular weight excluding hydrogens is 316 g/mol. The zero-order chi connectivity index (χ0) is 14.8. The van der Waals surface area contributed by atoms with Gasteiger partial charge in [-0.25, -0.2) is 4.39 Å². The van der Waals surface area contributed by atoms with Gasteiger partial charge in [-0.1, -0.05) is 17.7 Å². The molecule has 3 rings (SSSR count). The van der Waals surface area contributed by atoms with Gasteiger partial charge in [0.25, 0.3) is 0 Å². The van der Waals surface area contributed by atoms with Gasteiger partial charge in [-0.15, -0.1) is 0 Å². The van der Waals surface area contributed by atoms with Crippen molar-refractivity contribution in [1.82, 2.24) is 15.0 Å². The average molecular weight is 328 g/mol. The molecule has 0 amide bonds. The van der Waals surface area contributed by atoms with Crippen molar-refractivity contribution in [3.05, 3.63) is 34.3 Å². The van der Waals surface area contributed by atoms with Crippen LogP contribution < -0.4 is 10.2 Å². The van der Waals surface area contributed by atoms with E-state index >= 15 is 0 Å². The van der Waals surface area contributed by atoms with E-state index in [4.69, 9.17) is 23.2 Å². The number of hydrogen-bond acceptors (Lipinski definition) is 5. The van der Waals surface area contributed by atoms with E-state index in [1.165, 1.54) is 12.1 Å². The predicted molar refractivity (Wildman–Crippen MR) is 81.0 cm³/mol. The number of nitrogens with one attached hydrogen (secondary N) is 1. The maximum Gasteiger partial charge on any atom is 0.233 e. The monoisotopic (exact) mass is 327 g/mol. The number of halogens is 3. The van der Waals surface area contributed by atoms with Crippen molar-refractivity contribution in [2.75, 3.05) is 23.3 Å². The maximum absolute atomic E-state index is 13.8. The Bertz CT molecular complexity index is 641. The second-order valence-electron chi connectivity index (χ2n) is 4.64. The van der Waals surface area contributed by atoms with Crippen LogP contribution in [0.4, 0.5) is 22.0 Å². The van der Waals surface area contributed by atoms with Crippen LogP contribution in [0.5, 0.6) is 0 Å². The normalized spacial score (nSPS) is 14.5. The molecule has 0 unspecified atom stereocenters. The summed E-state index contributed by atoms with van der Waals surface area (Å²) in [7, 11) is 0. The van der Waals surface area contributed by atoms with Gasteiger partial charge in [-0.05, 0) is 36.6 Å². The van der Waals surface area contributed by atoms with Crippen LogP contribution in [0.1, 0.15) is 12.8 Å². The summed E-state index contributed by atoms with van der Waals surface area (Å²) in [6.07, 6.45) is 2.18. The first-order valence-corrected chi connectivity index (χ1v) is 7.26. The minimum Gasteiger partial charge on any atom is -0.341 e. The Labute approximate surface area is 131 Å². The summed E-state index contributed by atoms with van der Waals surface area (Å²) in [5.41, 5.74) is 0.119. The van der Waals surface area contributed by atoms with E-state index in [0.29, 0.717) is 5.95 Å². The van der Waals surface area contributed by atoms with Gasteiger partial charge in [-0.2, -0.15) is 15.0 Å². The number of aromatic nitrogens is 3. The lowest BCUT2D eigenvalue weighted by Gasteiger charge is -2.16. The molecule has 1 saturated heterocycles. The van der Waals surface area contributed by atoms with Crippen molar-refractivity contribution in [2.24, 2.45) is 0 Å². The van der Waals surface area contributed by atoms with Gasteiger partial charge < -0.3 is 10.2 Å². The average Bonchev–Trinajstić information content (AvgIpc) is 2.97. The van der Waals surface area contributed by atoms with Gasteiger partial charge in [-0.3, -0.25) is 0 Å². The fraction of sp³-hybridized carbons (Fsp3) is 0.308. The van der Waals surface area contributed by atoms with Crippen LogP contribution in [0.3, 0.4) is 0 Å². The van der Waals surface area contributed by atoms with E-state index < -0.39 is 5.82 Å². The molecule has 1 aliphatic heterocycles. The van der Waals surface area contributed by atoms with Crippen molar-refractivity contribution < 1.29 is 4.39 Å². The second kappa shape index (κ2) is 5.99. The van der Waals surface area contributed by atoms with Crippen LogP contribution in [0.2, 0.25) is 10.3 Å². The summed E-state index contributed by atoms with van der Waals surface area (Å²) < 4.78 is 13.8. The first kappa shape index (κ1) is 14.3. The Morgan fingerprint density at radius 3 is 2.57 bits per heavy atom. The number of para-hydroxylation sites is 1. The highest BCUT2D eigenvalue weighted by molar-refractivity contribution is 6.33. The molecule has 0 spiro atoms. The van der Waals surface area contributed by atoms with E-state index in [0.717, 1.165) is 25.9 Å². The van der Waals surface area contributed by atoms with E-state index in [-0.39, 0.29) is 21.9 Å². The van der Waals surface area contributed by atoms with Gasteiger partial charge in [0.1, 0.15) is 5.82 Å². The van der Waals surface area contributed by atoms with Crippen LogP contribution in [-0.4, -0.2) is 28.0 Å². The smallest absolute Gasteiger partial charge is 0.233 e. The SMILES string of the molecule is Fc1cccc(Cl)c1Nc1nc(Cl)nc(N2CCCC2)n1. The number of hydrogen-bond donors (Lipinski definition) is 1. The molecule has 1 N–H and O–H groups in total. The summed E-state index contributed by atoms with van der Waals surface area (Å²) in [6, 6.07) is 4.41. The first-order chi connectivity index (χ1) is 10.1. The van der Waals surface area contributed by atoms with Crippen LogP contribution >= 0.6 is 23.2 Å². The van der Waals surface area contributed by atoms with Crippen molar-refractivity contribution in [2.45, 2.75) is 12.8 Å². The summed E-state index contributed by atoms with van der Waals surface area (Å²) in [5, 5.41) is 3.07. The quantitative estimate of drug-likeness (QED) is 0.932. The zero-order valence-electron chi connectivity index (χ0n) is 11.0. The van der Waals surface area contributed by atoms with Gasteiger partial charge in [0.2, 0.25) is 17.2 Å². The Balaban J connectivity index is 1.91. The number of benzene rings is 1. The van der Waals surface area contributed by atoms with E-state index in [9.17, 15) is 4.39 Å². The van der Waals surface area contributed by atoms with Crippen LogP contribution in [0, 0.1) is 5.82 Å². The highest BCUT2D eigenvalue weighted by Gasteiger charge is 2.18. The van der Waals surface area contributed by atoms with Gasteiger partial charge >= 0.3 is 0 Å². The summed E-state index contributed by atoms with van der Waals surface area (Å²) in [4.78, 5) is 14.4. The van der Waals surface area contributed by atoms with Gasteiger partial charge in [0.05, 0.1) is 10.7 Å². The Hall–Kier alpha value is -1.66. The Morgan fingerprint density at radius 2 is 1.86 bits per heavy atom. The van der Waals surface area contributed by atoms with Crippen molar-refractivity contribution in [3.8, 4) is 0 Å². The standard InChI is InChI=1S/C13H12Cl2FN5/c14-8-4-3-5-9(16)10(8)17-12-18-11(15)19-13(20-12)21-6-1-2-7-21/h3-5H,1-2,6-7H2,(H,17,18,19,20). The fourth-order valence-electron chi connectivity index (χ4n) is 2.18. The molecule has 5 nitrogen and oxygen atoms in total. The minimum absolute atomic E-state index is 0.0573. The fourth-order valence-corrected chi connectivity index (χ4v) is 2.55. The van der Waals surface area contributed by atoms with Gasteiger partial charge in [0.15, 0.2) is 0 Å². The summed E-state index contributed by atoms with van der Waals surface area (Å²) >= 11 is 11.9. The summed E-state index contributed by atoms with van der Waals surface area (Å²) in [5.74, 6) is 0.174. The lowest BCUT2D eigenvalue weighted by molar-refractivity contribution is 0.631. The zero-order valence-corrected chi connectivity index (χ0v) is 12.5. The van der Waals surface area contributed by atoms with Crippen molar-refractivity contribution in [3.63, 3.8) is 0 Å². The molecule has 0 radical (unpaired) electrons. The molecule has 1 fully saturated rings. The molecule has 8 heteroatoms. The van der Waals surface area contributed by atoms with E-state index in [2.05, 4.69) is 20.3 Å². The number of rotatable bonds is 3. The molecule has 0 bridgehead atoms. The molecule has 1 aromatic carbocycles. The third kappa shape index (κ3) is 3.16. The molecule has 0 aliphatic carbocycles. The molecule has 0 saturated carbocycles. The number of anilines is 3. The third-order valence-electron chi connectivity index (χ3n) is 3.18. The van der Waals surface area contributed by atoms with E-state index in [1.54, 1.807) is 6.07 Å². The molecule has 1 aliphatic rings. The Morgan fingerprint density at radius 1 is 1.10 bits per heavy atom. The van der Waals surface area contributed by atoms with Crippen LogP contribution in [0.25, 0.3) is 0 Å². The molecule has 1 aromatic heterocycles. The largest absolute Gasteiger partial charge is 0.341 e. The van der Waals surface area contributed by atoms with Crippen molar-refractivity contribution in [1.29, 1.82) is 0 Å². The molecule has 110 valence electrons. The Kier molecular flexibility index (Phi) is 4.07. The molecule has 0 atom stereocenters. The van der Waals surface area contributed by atoms with E-state index in [1.807, 2.05) is 4.90 Å². The molecule has 21 heavy (non-hydrogen) atoms. The van der Waals surface area contributed by atoms with Gasteiger partial charge in [0, 0.05) is 13.1 Å². The summed E-state index contributed by atoms with van der Waals surface area (Å²) in [6.45, 7) is 1.75. The molecule has 2 aromatic rings. The topological polar surface area (TPSA) is 53.9 Å².